The van der Waals surface area contributed by atoms with E-state index in [1.807, 2.05) is 18.2 Å². The van der Waals surface area contributed by atoms with Crippen LogP contribution in [0.4, 0.5) is 11.5 Å². The molecule has 90 valence electrons. The van der Waals surface area contributed by atoms with E-state index in [-0.39, 0.29) is 0 Å². The van der Waals surface area contributed by atoms with Crippen molar-refractivity contribution in [2.24, 2.45) is 0 Å². The maximum Gasteiger partial charge on any atom is 0.171 e. The zero-order chi connectivity index (χ0) is 12.3. The van der Waals surface area contributed by atoms with Gasteiger partial charge in [-0.05, 0) is 26.0 Å². The summed E-state index contributed by atoms with van der Waals surface area (Å²) in [4.78, 5) is 2.27. The molecule has 0 amide bonds. The van der Waals surface area contributed by atoms with E-state index in [9.17, 15) is 0 Å². The zero-order valence-electron chi connectivity index (χ0n) is 10.2. The van der Waals surface area contributed by atoms with Gasteiger partial charge in [-0.1, -0.05) is 17.3 Å². The molecule has 0 aliphatic carbocycles. The lowest BCUT2D eigenvalue weighted by Gasteiger charge is -2.23. The Kier molecular flexibility index (Phi) is 3.32. The van der Waals surface area contributed by atoms with Crippen molar-refractivity contribution in [2.45, 2.75) is 13.8 Å². The van der Waals surface area contributed by atoms with Gasteiger partial charge in [-0.15, -0.1) is 0 Å². The number of benzene rings is 1. The fourth-order valence-electron chi connectivity index (χ4n) is 1.94. The van der Waals surface area contributed by atoms with Crippen LogP contribution in [0, 0.1) is 0 Å². The fraction of sp³-hybridized carbons (Fsp3) is 0.308. The molecular formula is C13H17N3O. The number of hydrogen-bond acceptors (Lipinski definition) is 4. The first-order valence-corrected chi connectivity index (χ1v) is 5.82. The van der Waals surface area contributed by atoms with Crippen molar-refractivity contribution in [1.29, 1.82) is 0 Å². The van der Waals surface area contributed by atoms with Gasteiger partial charge in [-0.3, -0.25) is 0 Å². The number of nitrogens with zero attached hydrogens (tertiary/aromatic N) is 2. The van der Waals surface area contributed by atoms with Crippen molar-refractivity contribution in [1.82, 2.24) is 5.16 Å². The van der Waals surface area contributed by atoms with Gasteiger partial charge in [0.2, 0.25) is 0 Å². The Balaban J connectivity index is 2.47. The number of rotatable bonds is 4. The number of nitrogens with two attached hydrogens (primary N) is 1. The number of hydrogen-bond donors (Lipinski definition) is 1. The van der Waals surface area contributed by atoms with Gasteiger partial charge in [0, 0.05) is 30.4 Å². The van der Waals surface area contributed by atoms with Crippen LogP contribution in [0.15, 0.2) is 34.9 Å². The first kappa shape index (κ1) is 11.5. The van der Waals surface area contributed by atoms with E-state index in [2.05, 4.69) is 30.0 Å². The molecule has 2 N–H and O–H groups in total. The molecule has 4 heteroatoms. The molecule has 1 heterocycles. The van der Waals surface area contributed by atoms with Crippen LogP contribution in [0.5, 0.6) is 0 Å². The second-order valence-corrected chi connectivity index (χ2v) is 3.81. The summed E-state index contributed by atoms with van der Waals surface area (Å²) in [6.45, 7) is 6.18. The molecule has 2 aromatic rings. The highest BCUT2D eigenvalue weighted by molar-refractivity contribution is 5.76. The summed E-state index contributed by atoms with van der Waals surface area (Å²) in [5, 5.41) is 3.73. The molecule has 0 saturated carbocycles. The molecule has 4 nitrogen and oxygen atoms in total. The molecule has 0 radical (unpaired) electrons. The lowest BCUT2D eigenvalue weighted by Crippen LogP contribution is -2.22. The molecule has 0 spiro atoms. The van der Waals surface area contributed by atoms with Crippen molar-refractivity contribution in [3.05, 3.63) is 30.3 Å². The van der Waals surface area contributed by atoms with E-state index in [0.29, 0.717) is 11.6 Å². The topological polar surface area (TPSA) is 55.3 Å². The summed E-state index contributed by atoms with van der Waals surface area (Å²) in [5.74, 6) is 1.12. The van der Waals surface area contributed by atoms with Gasteiger partial charge in [0.15, 0.2) is 11.6 Å². The molecule has 0 atom stereocenters. The number of para-hydroxylation sites is 1. The molecular weight excluding hydrogens is 214 g/mol. The van der Waals surface area contributed by atoms with E-state index in [1.54, 1.807) is 6.07 Å². The molecule has 0 bridgehead atoms. The van der Waals surface area contributed by atoms with Crippen molar-refractivity contribution in [3.8, 4) is 11.3 Å². The first-order chi connectivity index (χ1) is 8.26. The molecule has 1 aromatic carbocycles. The van der Waals surface area contributed by atoms with Gasteiger partial charge in [-0.25, -0.2) is 0 Å². The minimum absolute atomic E-state index is 0.411. The van der Waals surface area contributed by atoms with Crippen molar-refractivity contribution in [3.63, 3.8) is 0 Å². The van der Waals surface area contributed by atoms with Gasteiger partial charge in [0.05, 0.1) is 0 Å². The Morgan fingerprint density at radius 3 is 2.53 bits per heavy atom. The van der Waals surface area contributed by atoms with Gasteiger partial charge < -0.3 is 15.2 Å². The Morgan fingerprint density at radius 1 is 1.24 bits per heavy atom. The van der Waals surface area contributed by atoms with Gasteiger partial charge >= 0.3 is 0 Å². The van der Waals surface area contributed by atoms with E-state index in [4.69, 9.17) is 10.3 Å². The van der Waals surface area contributed by atoms with Crippen molar-refractivity contribution in [2.75, 3.05) is 23.7 Å². The van der Waals surface area contributed by atoms with E-state index in [1.165, 1.54) is 0 Å². The Hall–Kier alpha value is -1.97. The monoisotopic (exact) mass is 231 g/mol. The van der Waals surface area contributed by atoms with Crippen LogP contribution >= 0.6 is 0 Å². The summed E-state index contributed by atoms with van der Waals surface area (Å²) in [6, 6.07) is 9.87. The number of anilines is 2. The van der Waals surface area contributed by atoms with Crippen molar-refractivity contribution < 1.29 is 4.52 Å². The quantitative estimate of drug-likeness (QED) is 0.879. The zero-order valence-corrected chi connectivity index (χ0v) is 10.2. The molecule has 0 unspecified atom stereocenters. The molecule has 1 aromatic heterocycles. The first-order valence-electron chi connectivity index (χ1n) is 5.82. The molecule has 0 fully saturated rings. The Labute approximate surface area is 101 Å². The van der Waals surface area contributed by atoms with E-state index in [0.717, 1.165) is 24.3 Å². The number of nitrogen functional groups attached to an aromatic ring is 1. The maximum atomic E-state index is 5.59. The van der Waals surface area contributed by atoms with Crippen LogP contribution in [0.1, 0.15) is 13.8 Å². The second kappa shape index (κ2) is 4.91. The van der Waals surface area contributed by atoms with Gasteiger partial charge in [-0.2, -0.15) is 0 Å². The lowest BCUT2D eigenvalue weighted by molar-refractivity contribution is 0.436. The van der Waals surface area contributed by atoms with E-state index >= 15 is 0 Å². The molecule has 0 saturated heterocycles. The standard InChI is InChI=1S/C13H17N3O/c1-3-16(4-2)11-8-6-5-7-10(11)12-9-13(14)15-17-12/h5-9H,3-4H2,1-2H3,(H2,14,15). The van der Waals surface area contributed by atoms with Crippen LogP contribution in [0.3, 0.4) is 0 Å². The summed E-state index contributed by atoms with van der Waals surface area (Å²) in [7, 11) is 0. The van der Waals surface area contributed by atoms with Crippen LogP contribution in [0.2, 0.25) is 0 Å². The normalized spacial score (nSPS) is 10.5. The average Bonchev–Trinajstić information content (AvgIpc) is 2.78. The van der Waals surface area contributed by atoms with Crippen molar-refractivity contribution >= 4 is 11.5 Å². The fourth-order valence-corrected chi connectivity index (χ4v) is 1.94. The SMILES string of the molecule is CCN(CC)c1ccccc1-c1cc(N)no1. The molecule has 2 rings (SSSR count). The molecule has 0 aliphatic rings. The minimum atomic E-state index is 0.411. The predicted octanol–water partition coefficient (Wildman–Crippen LogP) is 2.77. The highest BCUT2D eigenvalue weighted by Gasteiger charge is 2.12. The molecule has 17 heavy (non-hydrogen) atoms. The third-order valence-electron chi connectivity index (χ3n) is 2.80. The largest absolute Gasteiger partial charge is 0.381 e. The minimum Gasteiger partial charge on any atom is -0.381 e. The third kappa shape index (κ3) is 2.25. The van der Waals surface area contributed by atoms with Gasteiger partial charge in [0.25, 0.3) is 0 Å². The summed E-state index contributed by atoms with van der Waals surface area (Å²) < 4.78 is 5.23. The van der Waals surface area contributed by atoms with E-state index < -0.39 is 0 Å². The summed E-state index contributed by atoms with van der Waals surface area (Å²) in [5.41, 5.74) is 7.76. The van der Waals surface area contributed by atoms with Crippen LogP contribution in [-0.2, 0) is 0 Å². The van der Waals surface area contributed by atoms with Crippen LogP contribution in [0.25, 0.3) is 11.3 Å². The Bertz CT molecular complexity index is 489. The lowest BCUT2D eigenvalue weighted by atomic mass is 10.1. The third-order valence-corrected chi connectivity index (χ3v) is 2.80. The van der Waals surface area contributed by atoms with Crippen LogP contribution < -0.4 is 10.6 Å². The smallest absolute Gasteiger partial charge is 0.171 e. The number of aromatic nitrogens is 1. The summed E-state index contributed by atoms with van der Waals surface area (Å²) >= 11 is 0. The highest BCUT2D eigenvalue weighted by atomic mass is 16.5. The maximum absolute atomic E-state index is 5.59. The van der Waals surface area contributed by atoms with Crippen LogP contribution in [-0.4, -0.2) is 18.2 Å². The predicted molar refractivity (Wildman–Crippen MR) is 69.9 cm³/mol. The van der Waals surface area contributed by atoms with Gasteiger partial charge in [0.1, 0.15) is 0 Å². The highest BCUT2D eigenvalue weighted by Crippen LogP contribution is 2.31. The molecule has 0 aliphatic heterocycles. The summed E-state index contributed by atoms with van der Waals surface area (Å²) in [6.07, 6.45) is 0. The average molecular weight is 231 g/mol. The Morgan fingerprint density at radius 2 is 1.94 bits per heavy atom. The second-order valence-electron chi connectivity index (χ2n) is 3.81.